The quantitative estimate of drug-likeness (QED) is 0.815. The maximum atomic E-state index is 12.9. The van der Waals surface area contributed by atoms with E-state index < -0.39 is 0 Å². The summed E-state index contributed by atoms with van der Waals surface area (Å²) in [5.41, 5.74) is 11.6. The summed E-state index contributed by atoms with van der Waals surface area (Å²) in [5.74, 6) is 0.288. The fraction of sp³-hybridized carbons (Fsp3) is 0.278. The zero-order valence-electron chi connectivity index (χ0n) is 11.9. The molecule has 3 heteroatoms. The molecule has 0 aromatic heterocycles. The molecular weight excluding hydrogens is 260 g/mol. The Morgan fingerprint density at radius 2 is 1.67 bits per heavy atom. The Morgan fingerprint density at radius 3 is 2.38 bits per heavy atom. The lowest BCUT2D eigenvalue weighted by Gasteiger charge is -2.22. The van der Waals surface area contributed by atoms with Crippen molar-refractivity contribution < 1.29 is 4.79 Å². The molecule has 3 nitrogen and oxygen atoms in total. The summed E-state index contributed by atoms with van der Waals surface area (Å²) in [5, 5.41) is 0. The fourth-order valence-corrected chi connectivity index (χ4v) is 3.66. The van der Waals surface area contributed by atoms with E-state index in [9.17, 15) is 4.79 Å². The third-order valence-corrected chi connectivity index (χ3v) is 4.69. The second-order valence-corrected chi connectivity index (χ2v) is 5.97. The zero-order valence-corrected chi connectivity index (χ0v) is 11.9. The molecule has 0 radical (unpaired) electrons. The molecular formula is C18H18N2O. The first-order chi connectivity index (χ1) is 10.2. The monoisotopic (exact) mass is 278 g/mol. The predicted molar refractivity (Wildman–Crippen MR) is 84.3 cm³/mol. The van der Waals surface area contributed by atoms with Crippen LogP contribution in [0.2, 0.25) is 0 Å². The molecule has 0 bridgehead atoms. The summed E-state index contributed by atoms with van der Waals surface area (Å²) in [6, 6.07) is 14.3. The Hall–Kier alpha value is -2.29. The SMILES string of the molecule is Nc1cccc2c1N(C(=O)C1Cc3ccccc3C1)CC2. The Labute approximate surface area is 124 Å². The first kappa shape index (κ1) is 12.5. The molecule has 1 heterocycles. The van der Waals surface area contributed by atoms with Crippen molar-refractivity contribution in [2.45, 2.75) is 19.3 Å². The molecule has 106 valence electrons. The molecule has 0 unspecified atom stereocenters. The van der Waals surface area contributed by atoms with Crippen LogP contribution in [0.4, 0.5) is 11.4 Å². The minimum Gasteiger partial charge on any atom is -0.397 e. The number of amides is 1. The first-order valence-corrected chi connectivity index (χ1v) is 7.49. The van der Waals surface area contributed by atoms with E-state index in [1.165, 1.54) is 16.7 Å². The number of nitrogens with zero attached hydrogens (tertiary/aromatic N) is 1. The van der Waals surface area contributed by atoms with Crippen LogP contribution in [0.25, 0.3) is 0 Å². The van der Waals surface area contributed by atoms with Gasteiger partial charge in [0.1, 0.15) is 0 Å². The number of rotatable bonds is 1. The molecule has 1 aliphatic carbocycles. The van der Waals surface area contributed by atoms with E-state index in [1.807, 2.05) is 17.0 Å². The van der Waals surface area contributed by atoms with E-state index in [4.69, 9.17) is 5.73 Å². The summed E-state index contributed by atoms with van der Waals surface area (Å²) in [6.45, 7) is 0.759. The van der Waals surface area contributed by atoms with Crippen molar-refractivity contribution in [3.8, 4) is 0 Å². The van der Waals surface area contributed by atoms with Crippen molar-refractivity contribution in [1.29, 1.82) is 0 Å². The molecule has 2 aromatic carbocycles. The summed E-state index contributed by atoms with van der Waals surface area (Å²) in [7, 11) is 0. The number of benzene rings is 2. The fourth-order valence-electron chi connectivity index (χ4n) is 3.66. The van der Waals surface area contributed by atoms with Gasteiger partial charge in [0, 0.05) is 12.5 Å². The second kappa shape index (κ2) is 4.62. The molecule has 0 saturated carbocycles. The highest BCUT2D eigenvalue weighted by Gasteiger charge is 2.34. The second-order valence-electron chi connectivity index (χ2n) is 5.97. The lowest BCUT2D eigenvalue weighted by Crippen LogP contribution is -2.35. The van der Waals surface area contributed by atoms with Crippen LogP contribution in [0.5, 0.6) is 0 Å². The van der Waals surface area contributed by atoms with Crippen molar-refractivity contribution in [3.63, 3.8) is 0 Å². The van der Waals surface area contributed by atoms with Crippen LogP contribution in [-0.2, 0) is 24.1 Å². The molecule has 0 fully saturated rings. The van der Waals surface area contributed by atoms with Gasteiger partial charge in [-0.15, -0.1) is 0 Å². The Kier molecular flexibility index (Phi) is 2.74. The van der Waals surface area contributed by atoms with Crippen molar-refractivity contribution in [2.24, 2.45) is 5.92 Å². The van der Waals surface area contributed by atoms with Crippen molar-refractivity contribution >= 4 is 17.3 Å². The van der Waals surface area contributed by atoms with E-state index in [1.54, 1.807) is 0 Å². The molecule has 21 heavy (non-hydrogen) atoms. The normalized spacial score (nSPS) is 16.9. The molecule has 1 aliphatic heterocycles. The van der Waals surface area contributed by atoms with Gasteiger partial charge in [0.15, 0.2) is 0 Å². The van der Waals surface area contributed by atoms with Gasteiger partial charge in [0.2, 0.25) is 5.91 Å². The summed E-state index contributed by atoms with van der Waals surface area (Å²) in [6.07, 6.45) is 2.62. The van der Waals surface area contributed by atoms with E-state index in [0.29, 0.717) is 5.69 Å². The standard InChI is InChI=1S/C18H18N2O/c19-16-7-3-6-12-8-9-20(17(12)16)18(21)15-10-13-4-1-2-5-14(13)11-15/h1-7,15H,8-11,19H2. The molecule has 2 aliphatic rings. The Balaban J connectivity index is 1.62. The van der Waals surface area contributed by atoms with Gasteiger partial charge < -0.3 is 10.6 Å². The third kappa shape index (κ3) is 1.92. The molecule has 0 atom stereocenters. The maximum absolute atomic E-state index is 12.9. The lowest BCUT2D eigenvalue weighted by atomic mass is 10.0. The van der Waals surface area contributed by atoms with Crippen LogP contribution in [0.1, 0.15) is 16.7 Å². The van der Waals surface area contributed by atoms with Crippen molar-refractivity contribution in [1.82, 2.24) is 0 Å². The van der Waals surface area contributed by atoms with E-state index in [0.717, 1.165) is 31.5 Å². The zero-order chi connectivity index (χ0) is 14.4. The number of nitrogen functional groups attached to an aromatic ring is 1. The number of hydrogen-bond acceptors (Lipinski definition) is 2. The number of para-hydroxylation sites is 1. The number of hydrogen-bond donors (Lipinski definition) is 1. The molecule has 4 rings (SSSR count). The van der Waals surface area contributed by atoms with Crippen LogP contribution >= 0.6 is 0 Å². The van der Waals surface area contributed by atoms with Gasteiger partial charge in [-0.25, -0.2) is 0 Å². The van der Waals surface area contributed by atoms with Crippen LogP contribution < -0.4 is 10.6 Å². The topological polar surface area (TPSA) is 46.3 Å². The van der Waals surface area contributed by atoms with Crippen molar-refractivity contribution in [2.75, 3.05) is 17.2 Å². The minimum absolute atomic E-state index is 0.0629. The molecule has 1 amide bonds. The smallest absolute Gasteiger partial charge is 0.230 e. The van der Waals surface area contributed by atoms with Gasteiger partial charge in [-0.2, -0.15) is 0 Å². The maximum Gasteiger partial charge on any atom is 0.230 e. The summed E-state index contributed by atoms with van der Waals surface area (Å²) in [4.78, 5) is 14.8. The number of nitrogens with two attached hydrogens (primary N) is 1. The largest absolute Gasteiger partial charge is 0.397 e. The average molecular weight is 278 g/mol. The molecule has 0 spiro atoms. The Morgan fingerprint density at radius 1 is 1.00 bits per heavy atom. The number of fused-ring (bicyclic) bond motifs is 2. The molecule has 2 N–H and O–H groups in total. The van der Waals surface area contributed by atoms with Crippen LogP contribution in [0, 0.1) is 5.92 Å². The number of anilines is 2. The molecule has 0 saturated heterocycles. The predicted octanol–water partition coefficient (Wildman–Crippen LogP) is 2.57. The van der Waals surface area contributed by atoms with Gasteiger partial charge in [-0.1, -0.05) is 36.4 Å². The van der Waals surface area contributed by atoms with Gasteiger partial charge in [0.25, 0.3) is 0 Å². The lowest BCUT2D eigenvalue weighted by molar-refractivity contribution is -0.122. The summed E-state index contributed by atoms with van der Waals surface area (Å²) >= 11 is 0. The van der Waals surface area contributed by atoms with E-state index in [2.05, 4.69) is 30.3 Å². The molecule has 2 aromatic rings. The number of carbonyl (C=O) groups is 1. The summed E-state index contributed by atoms with van der Waals surface area (Å²) < 4.78 is 0. The number of carbonyl (C=O) groups excluding carboxylic acids is 1. The van der Waals surface area contributed by atoms with Crippen LogP contribution in [0.15, 0.2) is 42.5 Å². The van der Waals surface area contributed by atoms with Gasteiger partial charge in [-0.05, 0) is 42.0 Å². The van der Waals surface area contributed by atoms with Gasteiger partial charge in [-0.3, -0.25) is 4.79 Å². The van der Waals surface area contributed by atoms with Crippen LogP contribution in [-0.4, -0.2) is 12.5 Å². The Bertz CT molecular complexity index is 698. The van der Waals surface area contributed by atoms with Gasteiger partial charge in [0.05, 0.1) is 11.4 Å². The minimum atomic E-state index is 0.0629. The highest BCUT2D eigenvalue weighted by molar-refractivity contribution is 6.00. The average Bonchev–Trinajstić information content (AvgIpc) is 3.11. The van der Waals surface area contributed by atoms with E-state index in [-0.39, 0.29) is 11.8 Å². The first-order valence-electron chi connectivity index (χ1n) is 7.49. The third-order valence-electron chi connectivity index (χ3n) is 4.69. The highest BCUT2D eigenvalue weighted by Crippen LogP contribution is 2.36. The van der Waals surface area contributed by atoms with Gasteiger partial charge >= 0.3 is 0 Å². The highest BCUT2D eigenvalue weighted by atomic mass is 16.2. The van der Waals surface area contributed by atoms with E-state index >= 15 is 0 Å². The van der Waals surface area contributed by atoms with Crippen LogP contribution in [0.3, 0.4) is 0 Å². The van der Waals surface area contributed by atoms with Crippen molar-refractivity contribution in [3.05, 3.63) is 59.2 Å².